The van der Waals surface area contributed by atoms with Gasteiger partial charge < -0.3 is 14.8 Å². The fraction of sp³-hybridized carbons (Fsp3) is 0.250. The second kappa shape index (κ2) is 10.4. The molecule has 0 saturated heterocycles. The van der Waals surface area contributed by atoms with Crippen molar-refractivity contribution in [3.8, 4) is 0 Å². The van der Waals surface area contributed by atoms with E-state index < -0.39 is 22.8 Å². The number of hydrogen-bond acceptors (Lipinski definition) is 7. The van der Waals surface area contributed by atoms with Crippen LogP contribution >= 0.6 is 0 Å². The van der Waals surface area contributed by atoms with Crippen LogP contribution < -0.4 is 5.32 Å². The molecule has 166 valence electrons. The zero-order valence-corrected chi connectivity index (χ0v) is 17.9. The molecule has 0 heterocycles. The first-order valence-electron chi connectivity index (χ1n) is 10.3. The first-order valence-corrected chi connectivity index (χ1v) is 10.3. The molecule has 0 aromatic heterocycles. The summed E-state index contributed by atoms with van der Waals surface area (Å²) in [5.41, 5.74) is 1.13. The SMILES string of the molecule is CCOC(=O)C(C(=O)OCC)c1c([N+](=O)[O-])cc(NCc2ccccc2)c2ccccc12. The highest BCUT2D eigenvalue weighted by atomic mass is 16.6. The zero-order chi connectivity index (χ0) is 23.1. The Morgan fingerprint density at radius 3 is 2.06 bits per heavy atom. The highest BCUT2D eigenvalue weighted by Crippen LogP contribution is 2.40. The van der Waals surface area contributed by atoms with Crippen molar-refractivity contribution in [3.05, 3.63) is 81.9 Å². The predicted octanol–water partition coefficient (Wildman–Crippen LogP) is 4.57. The molecule has 0 bridgehead atoms. The number of carbonyl (C=O) groups is 2. The van der Waals surface area contributed by atoms with E-state index in [1.165, 1.54) is 6.07 Å². The van der Waals surface area contributed by atoms with Crippen LogP contribution in [0.4, 0.5) is 11.4 Å². The highest BCUT2D eigenvalue weighted by molar-refractivity contribution is 6.09. The number of rotatable bonds is 9. The molecule has 0 atom stereocenters. The fourth-order valence-electron chi connectivity index (χ4n) is 3.56. The van der Waals surface area contributed by atoms with Crippen molar-refractivity contribution in [1.82, 2.24) is 0 Å². The standard InChI is InChI=1S/C24H24N2O6/c1-3-31-23(27)22(24(28)32-4-2)21-18-13-9-8-12-17(18)19(14-20(21)26(29)30)25-15-16-10-6-5-7-11-16/h5-14,22,25H,3-4,15H2,1-2H3. The van der Waals surface area contributed by atoms with E-state index in [2.05, 4.69) is 5.32 Å². The van der Waals surface area contributed by atoms with E-state index in [1.54, 1.807) is 38.1 Å². The monoisotopic (exact) mass is 436 g/mol. The number of nitro groups is 1. The van der Waals surface area contributed by atoms with Crippen molar-refractivity contribution in [2.45, 2.75) is 26.3 Å². The Balaban J connectivity index is 2.19. The van der Waals surface area contributed by atoms with Crippen molar-refractivity contribution < 1.29 is 24.0 Å². The lowest BCUT2D eigenvalue weighted by atomic mass is 9.90. The maximum atomic E-state index is 12.7. The average molecular weight is 436 g/mol. The molecule has 32 heavy (non-hydrogen) atoms. The first kappa shape index (κ1) is 22.7. The van der Waals surface area contributed by atoms with Crippen LogP contribution in [0.3, 0.4) is 0 Å². The van der Waals surface area contributed by atoms with Crippen LogP contribution in [-0.2, 0) is 25.6 Å². The molecule has 8 heteroatoms. The molecule has 0 fully saturated rings. The molecule has 3 rings (SSSR count). The van der Waals surface area contributed by atoms with Crippen LogP contribution in [0.5, 0.6) is 0 Å². The fourth-order valence-corrected chi connectivity index (χ4v) is 3.56. The van der Waals surface area contributed by atoms with Gasteiger partial charge in [0.25, 0.3) is 5.69 Å². The third-order valence-corrected chi connectivity index (χ3v) is 4.92. The minimum atomic E-state index is -1.57. The Kier molecular flexibility index (Phi) is 7.38. The van der Waals surface area contributed by atoms with Crippen LogP contribution in [0, 0.1) is 10.1 Å². The minimum Gasteiger partial charge on any atom is -0.465 e. The number of esters is 2. The van der Waals surface area contributed by atoms with Gasteiger partial charge in [0.15, 0.2) is 5.92 Å². The molecule has 0 spiro atoms. The van der Waals surface area contributed by atoms with Crippen molar-refractivity contribution in [2.24, 2.45) is 0 Å². The number of fused-ring (bicyclic) bond motifs is 1. The Bertz CT molecular complexity index is 1110. The molecular weight excluding hydrogens is 412 g/mol. The van der Waals surface area contributed by atoms with Gasteiger partial charge in [-0.1, -0.05) is 54.6 Å². The molecule has 1 N–H and O–H groups in total. The van der Waals surface area contributed by atoms with Gasteiger partial charge in [0.1, 0.15) is 0 Å². The van der Waals surface area contributed by atoms with E-state index >= 15 is 0 Å². The van der Waals surface area contributed by atoms with Gasteiger partial charge in [-0.2, -0.15) is 0 Å². The van der Waals surface area contributed by atoms with Gasteiger partial charge in [0.05, 0.1) is 23.7 Å². The largest absolute Gasteiger partial charge is 0.465 e. The van der Waals surface area contributed by atoms with Gasteiger partial charge in [-0.05, 0) is 24.8 Å². The van der Waals surface area contributed by atoms with Gasteiger partial charge in [-0.3, -0.25) is 19.7 Å². The Morgan fingerprint density at radius 2 is 1.50 bits per heavy atom. The van der Waals surface area contributed by atoms with Crippen LogP contribution in [0.2, 0.25) is 0 Å². The smallest absolute Gasteiger partial charge is 0.325 e. The normalized spacial score (nSPS) is 10.7. The van der Waals surface area contributed by atoms with E-state index in [1.807, 2.05) is 30.3 Å². The highest BCUT2D eigenvalue weighted by Gasteiger charge is 2.39. The van der Waals surface area contributed by atoms with Crippen LogP contribution in [0.1, 0.15) is 30.9 Å². The summed E-state index contributed by atoms with van der Waals surface area (Å²) in [6.45, 7) is 3.70. The molecule has 0 radical (unpaired) electrons. The number of nitrogens with one attached hydrogen (secondary N) is 1. The molecule has 0 aliphatic heterocycles. The number of ether oxygens (including phenoxy) is 2. The number of nitro benzene ring substituents is 1. The van der Waals surface area contributed by atoms with Crippen molar-refractivity contribution in [3.63, 3.8) is 0 Å². The van der Waals surface area contributed by atoms with Gasteiger partial charge in [0, 0.05) is 23.7 Å². The molecule has 8 nitrogen and oxygen atoms in total. The number of anilines is 1. The van der Waals surface area contributed by atoms with Gasteiger partial charge >= 0.3 is 11.9 Å². The molecule has 3 aromatic carbocycles. The summed E-state index contributed by atoms with van der Waals surface area (Å²) in [6, 6.07) is 17.9. The molecular formula is C24H24N2O6. The van der Waals surface area contributed by atoms with E-state index in [4.69, 9.17) is 9.47 Å². The van der Waals surface area contributed by atoms with Crippen LogP contribution in [0.15, 0.2) is 60.7 Å². The topological polar surface area (TPSA) is 108 Å². The summed E-state index contributed by atoms with van der Waals surface area (Å²) in [7, 11) is 0. The van der Waals surface area contributed by atoms with Crippen molar-refractivity contribution in [2.75, 3.05) is 18.5 Å². The number of carbonyl (C=O) groups excluding carboxylic acids is 2. The molecule has 0 amide bonds. The average Bonchev–Trinajstić information content (AvgIpc) is 2.79. The maximum absolute atomic E-state index is 12.7. The number of benzene rings is 3. The Labute approximate surface area is 185 Å². The van der Waals surface area contributed by atoms with Crippen molar-refractivity contribution >= 4 is 34.1 Å². The lowest BCUT2D eigenvalue weighted by Gasteiger charge is -2.19. The summed E-state index contributed by atoms with van der Waals surface area (Å²) in [6.07, 6.45) is 0. The molecule has 0 unspecified atom stereocenters. The summed E-state index contributed by atoms with van der Waals surface area (Å²) in [4.78, 5) is 36.9. The van der Waals surface area contributed by atoms with E-state index in [0.29, 0.717) is 23.0 Å². The summed E-state index contributed by atoms with van der Waals surface area (Å²) in [5, 5.41) is 16.3. The first-order chi connectivity index (χ1) is 15.5. The predicted molar refractivity (Wildman–Crippen MR) is 120 cm³/mol. The quantitative estimate of drug-likeness (QED) is 0.227. The lowest BCUT2D eigenvalue weighted by Crippen LogP contribution is -2.27. The molecule has 0 aliphatic carbocycles. The van der Waals surface area contributed by atoms with E-state index in [0.717, 1.165) is 5.56 Å². The summed E-state index contributed by atoms with van der Waals surface area (Å²) in [5.74, 6) is -3.34. The summed E-state index contributed by atoms with van der Waals surface area (Å²) >= 11 is 0. The minimum absolute atomic E-state index is 0.0250. The van der Waals surface area contributed by atoms with Gasteiger partial charge in [0.2, 0.25) is 0 Å². The third kappa shape index (κ3) is 4.85. The van der Waals surface area contributed by atoms with Gasteiger partial charge in [-0.25, -0.2) is 0 Å². The number of nitrogens with zero attached hydrogens (tertiary/aromatic N) is 1. The second-order valence-electron chi connectivity index (χ2n) is 6.94. The molecule has 3 aromatic rings. The number of hydrogen-bond donors (Lipinski definition) is 1. The lowest BCUT2D eigenvalue weighted by molar-refractivity contribution is -0.385. The van der Waals surface area contributed by atoms with Gasteiger partial charge in [-0.15, -0.1) is 0 Å². The Hall–Kier alpha value is -3.94. The molecule has 0 aliphatic rings. The Morgan fingerprint density at radius 1 is 0.938 bits per heavy atom. The molecule has 0 saturated carbocycles. The second-order valence-corrected chi connectivity index (χ2v) is 6.94. The van der Waals surface area contributed by atoms with Crippen LogP contribution in [0.25, 0.3) is 10.8 Å². The van der Waals surface area contributed by atoms with E-state index in [-0.39, 0.29) is 24.5 Å². The van der Waals surface area contributed by atoms with Crippen molar-refractivity contribution in [1.29, 1.82) is 0 Å². The van der Waals surface area contributed by atoms with Crippen LogP contribution in [-0.4, -0.2) is 30.1 Å². The summed E-state index contributed by atoms with van der Waals surface area (Å²) < 4.78 is 10.1. The maximum Gasteiger partial charge on any atom is 0.325 e. The zero-order valence-electron chi connectivity index (χ0n) is 17.9. The van der Waals surface area contributed by atoms with E-state index in [9.17, 15) is 19.7 Å². The third-order valence-electron chi connectivity index (χ3n) is 4.92.